The number of furan rings is 1. The Labute approximate surface area is 164 Å². The maximum Gasteiger partial charge on any atom is 0.344 e. The molecule has 0 N–H and O–H groups in total. The molecule has 9 heteroatoms. The highest BCUT2D eigenvalue weighted by molar-refractivity contribution is 6.04. The average Bonchev–Trinajstić information content (AvgIpc) is 3.37. The second-order valence-corrected chi connectivity index (χ2v) is 6.59. The number of rotatable bonds is 5. The van der Waals surface area contributed by atoms with E-state index in [2.05, 4.69) is 10.1 Å². The summed E-state index contributed by atoms with van der Waals surface area (Å²) in [6, 6.07) is 10.4. The summed E-state index contributed by atoms with van der Waals surface area (Å²) in [7, 11) is 0. The maximum absolute atomic E-state index is 12.9. The number of carbonyl (C=O) groups excluding carboxylic acids is 1. The van der Waals surface area contributed by atoms with E-state index in [-0.39, 0.29) is 23.0 Å². The van der Waals surface area contributed by atoms with Gasteiger partial charge in [-0.25, -0.2) is 14.5 Å². The van der Waals surface area contributed by atoms with E-state index in [1.54, 1.807) is 29.1 Å². The Morgan fingerprint density at radius 3 is 2.62 bits per heavy atom. The first-order valence-corrected chi connectivity index (χ1v) is 8.83. The first-order chi connectivity index (χ1) is 13.9. The molecule has 29 heavy (non-hydrogen) atoms. The van der Waals surface area contributed by atoms with E-state index in [1.165, 1.54) is 30.5 Å². The minimum atomic E-state index is -0.623. The van der Waals surface area contributed by atoms with E-state index >= 15 is 0 Å². The van der Waals surface area contributed by atoms with Crippen LogP contribution in [-0.2, 0) is 0 Å². The average molecular weight is 392 g/mol. The molecule has 3 aromatic heterocycles. The van der Waals surface area contributed by atoms with Crippen LogP contribution in [0.5, 0.6) is 5.75 Å². The summed E-state index contributed by atoms with van der Waals surface area (Å²) in [6.07, 6.45) is 3.09. The number of ether oxygens (including phenoxy) is 1. The maximum atomic E-state index is 12.9. The van der Waals surface area contributed by atoms with Crippen LogP contribution in [0.3, 0.4) is 0 Å². The number of carbonyl (C=O) groups is 1. The number of esters is 1. The molecule has 4 aromatic rings. The number of nitrogens with zero attached hydrogens (tertiary/aromatic N) is 4. The molecule has 1 aromatic carbocycles. The quantitative estimate of drug-likeness (QED) is 0.214. The van der Waals surface area contributed by atoms with Gasteiger partial charge in [0.05, 0.1) is 28.3 Å². The van der Waals surface area contributed by atoms with Crippen molar-refractivity contribution in [2.24, 2.45) is 0 Å². The highest BCUT2D eigenvalue weighted by Crippen LogP contribution is 2.28. The lowest BCUT2D eigenvalue weighted by Crippen LogP contribution is -2.11. The van der Waals surface area contributed by atoms with Crippen LogP contribution in [0.2, 0.25) is 0 Å². The fraction of sp³-hybridized carbons (Fsp3) is 0.150. The molecule has 0 bridgehead atoms. The van der Waals surface area contributed by atoms with Gasteiger partial charge in [0.2, 0.25) is 0 Å². The zero-order valence-corrected chi connectivity index (χ0v) is 15.6. The van der Waals surface area contributed by atoms with Crippen LogP contribution in [0.4, 0.5) is 5.69 Å². The summed E-state index contributed by atoms with van der Waals surface area (Å²) in [5.74, 6) is 0.0801. The number of nitro benzene ring substituents is 1. The number of pyridine rings is 1. The van der Waals surface area contributed by atoms with Gasteiger partial charge in [-0.3, -0.25) is 10.1 Å². The van der Waals surface area contributed by atoms with Crippen molar-refractivity contribution >= 4 is 22.7 Å². The molecule has 0 aliphatic carbocycles. The predicted molar refractivity (Wildman–Crippen MR) is 104 cm³/mol. The van der Waals surface area contributed by atoms with Crippen molar-refractivity contribution in [3.8, 4) is 17.2 Å². The van der Waals surface area contributed by atoms with Crippen LogP contribution < -0.4 is 4.74 Å². The third-order valence-electron chi connectivity index (χ3n) is 4.31. The standard InChI is InChI=1S/C20H16N4O5/c1-12(2)23-19-16(11-21-23)15(10-17(22-19)18-4-3-9-28-18)20(25)29-14-7-5-13(6-8-14)24(26)27/h3-12H,1-2H3. The molecule has 0 radical (unpaired) electrons. The topological polar surface area (TPSA) is 113 Å². The monoisotopic (exact) mass is 392 g/mol. The molecule has 0 amide bonds. The van der Waals surface area contributed by atoms with Crippen molar-refractivity contribution in [2.45, 2.75) is 19.9 Å². The molecule has 0 atom stereocenters. The van der Waals surface area contributed by atoms with Crippen molar-refractivity contribution in [1.82, 2.24) is 14.8 Å². The van der Waals surface area contributed by atoms with Gasteiger partial charge in [0.15, 0.2) is 11.4 Å². The Bertz CT molecular complexity index is 1190. The first kappa shape index (κ1) is 18.4. The number of non-ortho nitro benzene ring substituents is 1. The van der Waals surface area contributed by atoms with Crippen LogP contribution in [-0.4, -0.2) is 25.7 Å². The van der Waals surface area contributed by atoms with Crippen LogP contribution in [0.25, 0.3) is 22.5 Å². The van der Waals surface area contributed by atoms with Gasteiger partial charge in [-0.2, -0.15) is 5.10 Å². The Morgan fingerprint density at radius 1 is 1.24 bits per heavy atom. The molecule has 0 aliphatic heterocycles. The summed E-state index contributed by atoms with van der Waals surface area (Å²) in [5, 5.41) is 15.7. The van der Waals surface area contributed by atoms with E-state index in [0.29, 0.717) is 22.5 Å². The highest BCUT2D eigenvalue weighted by Gasteiger charge is 2.21. The molecule has 0 unspecified atom stereocenters. The normalized spacial score (nSPS) is 11.1. The third-order valence-corrected chi connectivity index (χ3v) is 4.31. The SMILES string of the molecule is CC(C)n1ncc2c(C(=O)Oc3ccc([N+](=O)[O-])cc3)cc(-c3ccco3)nc21. The van der Waals surface area contributed by atoms with Gasteiger partial charge in [-0.05, 0) is 44.2 Å². The van der Waals surface area contributed by atoms with Crippen LogP contribution in [0.1, 0.15) is 30.2 Å². The van der Waals surface area contributed by atoms with Gasteiger partial charge in [0.1, 0.15) is 11.4 Å². The zero-order valence-electron chi connectivity index (χ0n) is 15.6. The molecule has 4 rings (SSSR count). The summed E-state index contributed by atoms with van der Waals surface area (Å²) in [4.78, 5) is 27.8. The lowest BCUT2D eigenvalue weighted by atomic mass is 10.1. The summed E-state index contributed by atoms with van der Waals surface area (Å²) in [6.45, 7) is 3.92. The lowest BCUT2D eigenvalue weighted by molar-refractivity contribution is -0.384. The zero-order chi connectivity index (χ0) is 20.5. The number of fused-ring (bicyclic) bond motifs is 1. The Morgan fingerprint density at radius 2 is 2.00 bits per heavy atom. The van der Waals surface area contributed by atoms with E-state index in [0.717, 1.165) is 0 Å². The van der Waals surface area contributed by atoms with Gasteiger partial charge in [-0.1, -0.05) is 0 Å². The van der Waals surface area contributed by atoms with Crippen LogP contribution in [0, 0.1) is 10.1 Å². The van der Waals surface area contributed by atoms with Crippen molar-refractivity contribution in [2.75, 3.05) is 0 Å². The third kappa shape index (κ3) is 3.45. The Kier molecular flexibility index (Phi) is 4.55. The number of hydrogen-bond acceptors (Lipinski definition) is 7. The van der Waals surface area contributed by atoms with Crippen molar-refractivity contribution in [3.05, 3.63) is 70.6 Å². The summed E-state index contributed by atoms with van der Waals surface area (Å²) >= 11 is 0. The molecule has 0 spiro atoms. The largest absolute Gasteiger partial charge is 0.463 e. The van der Waals surface area contributed by atoms with E-state index in [4.69, 9.17) is 9.15 Å². The highest BCUT2D eigenvalue weighted by atomic mass is 16.6. The number of aromatic nitrogens is 3. The van der Waals surface area contributed by atoms with Crippen LogP contribution in [0.15, 0.2) is 59.3 Å². The molecule has 0 saturated carbocycles. The van der Waals surface area contributed by atoms with E-state index in [1.807, 2.05) is 13.8 Å². The molecular formula is C20H16N4O5. The summed E-state index contributed by atoms with van der Waals surface area (Å²) in [5.41, 5.74) is 1.19. The van der Waals surface area contributed by atoms with E-state index in [9.17, 15) is 14.9 Å². The molecule has 3 heterocycles. The Hall–Kier alpha value is -4.01. The van der Waals surface area contributed by atoms with Gasteiger partial charge < -0.3 is 9.15 Å². The smallest absolute Gasteiger partial charge is 0.344 e. The minimum absolute atomic E-state index is 0.0328. The van der Waals surface area contributed by atoms with Crippen molar-refractivity contribution < 1.29 is 18.9 Å². The van der Waals surface area contributed by atoms with Crippen LogP contribution >= 0.6 is 0 Å². The Balaban J connectivity index is 1.77. The van der Waals surface area contributed by atoms with Gasteiger partial charge in [0, 0.05) is 18.2 Å². The molecule has 0 aliphatic rings. The predicted octanol–water partition coefficient (Wildman–Crippen LogP) is 4.40. The number of benzene rings is 1. The second-order valence-electron chi connectivity index (χ2n) is 6.59. The second kappa shape index (κ2) is 7.19. The molecular weight excluding hydrogens is 376 g/mol. The first-order valence-electron chi connectivity index (χ1n) is 8.83. The lowest BCUT2D eigenvalue weighted by Gasteiger charge is -2.09. The van der Waals surface area contributed by atoms with E-state index < -0.39 is 10.9 Å². The van der Waals surface area contributed by atoms with Crippen molar-refractivity contribution in [3.63, 3.8) is 0 Å². The molecule has 146 valence electrons. The number of nitro groups is 1. The molecule has 0 fully saturated rings. The van der Waals surface area contributed by atoms with Crippen molar-refractivity contribution in [1.29, 1.82) is 0 Å². The van der Waals surface area contributed by atoms with Gasteiger partial charge >= 0.3 is 5.97 Å². The van der Waals surface area contributed by atoms with Gasteiger partial charge in [0.25, 0.3) is 5.69 Å². The minimum Gasteiger partial charge on any atom is -0.463 e. The fourth-order valence-corrected chi connectivity index (χ4v) is 2.91. The summed E-state index contributed by atoms with van der Waals surface area (Å²) < 4.78 is 12.6. The number of hydrogen-bond donors (Lipinski definition) is 0. The van der Waals surface area contributed by atoms with Gasteiger partial charge in [-0.15, -0.1) is 0 Å². The molecule has 9 nitrogen and oxygen atoms in total. The fourth-order valence-electron chi connectivity index (χ4n) is 2.91. The molecule has 0 saturated heterocycles.